The molecule has 0 aliphatic rings. The third kappa shape index (κ3) is 3.32. The van der Waals surface area contributed by atoms with Crippen LogP contribution in [0.4, 0.5) is 13.2 Å². The van der Waals surface area contributed by atoms with Crippen LogP contribution in [0, 0.1) is 0 Å². The Bertz CT molecular complexity index is 580. The van der Waals surface area contributed by atoms with Crippen LogP contribution in [-0.2, 0) is 6.42 Å². The van der Waals surface area contributed by atoms with Gasteiger partial charge in [-0.2, -0.15) is 0 Å². The SMILES string of the molecule is CCc1ccsc1C(N)c1ccccc1OC(F)(F)F. The maximum atomic E-state index is 12.4. The Labute approximate surface area is 119 Å². The first-order valence-corrected chi connectivity index (χ1v) is 6.97. The van der Waals surface area contributed by atoms with Crippen LogP contribution in [-0.4, -0.2) is 6.36 Å². The van der Waals surface area contributed by atoms with Gasteiger partial charge in [0.2, 0.25) is 0 Å². The van der Waals surface area contributed by atoms with Gasteiger partial charge in [0.05, 0.1) is 6.04 Å². The number of alkyl halides is 3. The molecule has 1 atom stereocenters. The molecule has 6 heteroatoms. The molecule has 0 bridgehead atoms. The highest BCUT2D eigenvalue weighted by Crippen LogP contribution is 2.35. The third-order valence-electron chi connectivity index (χ3n) is 2.92. The molecule has 1 aromatic carbocycles. The summed E-state index contributed by atoms with van der Waals surface area (Å²) < 4.78 is 41.3. The van der Waals surface area contributed by atoms with Gasteiger partial charge in [0.15, 0.2) is 0 Å². The van der Waals surface area contributed by atoms with Crippen LogP contribution < -0.4 is 10.5 Å². The molecule has 2 rings (SSSR count). The van der Waals surface area contributed by atoms with Crippen LogP contribution in [0.5, 0.6) is 5.75 Å². The molecule has 0 amide bonds. The summed E-state index contributed by atoms with van der Waals surface area (Å²) in [4.78, 5) is 0.866. The van der Waals surface area contributed by atoms with Gasteiger partial charge in [0.25, 0.3) is 0 Å². The topological polar surface area (TPSA) is 35.2 Å². The van der Waals surface area contributed by atoms with E-state index in [1.165, 1.54) is 23.5 Å². The van der Waals surface area contributed by atoms with Gasteiger partial charge in [-0.3, -0.25) is 0 Å². The van der Waals surface area contributed by atoms with E-state index in [4.69, 9.17) is 5.73 Å². The fourth-order valence-corrected chi connectivity index (χ4v) is 3.02. The van der Waals surface area contributed by atoms with E-state index in [2.05, 4.69) is 4.74 Å². The molecule has 108 valence electrons. The van der Waals surface area contributed by atoms with Crippen molar-refractivity contribution in [1.82, 2.24) is 0 Å². The zero-order valence-electron chi connectivity index (χ0n) is 10.8. The number of rotatable bonds is 4. The highest BCUT2D eigenvalue weighted by molar-refractivity contribution is 7.10. The quantitative estimate of drug-likeness (QED) is 0.916. The van der Waals surface area contributed by atoms with E-state index in [1.54, 1.807) is 12.1 Å². The smallest absolute Gasteiger partial charge is 0.405 e. The normalized spacial score (nSPS) is 13.2. The molecule has 0 radical (unpaired) electrons. The van der Waals surface area contributed by atoms with Crippen molar-refractivity contribution in [2.24, 2.45) is 5.73 Å². The number of nitrogens with two attached hydrogens (primary N) is 1. The number of ether oxygens (including phenoxy) is 1. The summed E-state index contributed by atoms with van der Waals surface area (Å²) in [6.45, 7) is 1.98. The maximum Gasteiger partial charge on any atom is 0.573 e. The molecular weight excluding hydrogens is 287 g/mol. The lowest BCUT2D eigenvalue weighted by Crippen LogP contribution is -2.20. The van der Waals surface area contributed by atoms with Gasteiger partial charge in [-0.15, -0.1) is 24.5 Å². The van der Waals surface area contributed by atoms with Gasteiger partial charge in [-0.05, 0) is 29.5 Å². The molecule has 0 spiro atoms. The second-order valence-electron chi connectivity index (χ2n) is 4.23. The Kier molecular flexibility index (Phi) is 4.35. The molecule has 0 saturated carbocycles. The van der Waals surface area contributed by atoms with E-state index in [9.17, 15) is 13.2 Å². The van der Waals surface area contributed by atoms with E-state index < -0.39 is 12.4 Å². The Balaban J connectivity index is 2.37. The van der Waals surface area contributed by atoms with Gasteiger partial charge in [0.1, 0.15) is 5.75 Å². The Morgan fingerprint density at radius 3 is 2.60 bits per heavy atom. The summed E-state index contributed by atoms with van der Waals surface area (Å²) in [7, 11) is 0. The summed E-state index contributed by atoms with van der Waals surface area (Å²) in [5.41, 5.74) is 7.50. The van der Waals surface area contributed by atoms with Crippen molar-refractivity contribution in [3.05, 3.63) is 51.7 Å². The van der Waals surface area contributed by atoms with Gasteiger partial charge >= 0.3 is 6.36 Å². The van der Waals surface area contributed by atoms with Crippen molar-refractivity contribution in [2.75, 3.05) is 0 Å². The molecule has 2 aromatic rings. The van der Waals surface area contributed by atoms with Gasteiger partial charge < -0.3 is 10.5 Å². The van der Waals surface area contributed by atoms with E-state index in [-0.39, 0.29) is 5.75 Å². The van der Waals surface area contributed by atoms with Crippen LogP contribution in [0.2, 0.25) is 0 Å². The molecule has 1 unspecified atom stereocenters. The number of hydrogen-bond donors (Lipinski definition) is 1. The van der Waals surface area contributed by atoms with Crippen molar-refractivity contribution in [3.8, 4) is 5.75 Å². The molecule has 2 N–H and O–H groups in total. The summed E-state index contributed by atoms with van der Waals surface area (Å²) >= 11 is 1.44. The van der Waals surface area contributed by atoms with Gasteiger partial charge in [0, 0.05) is 10.4 Å². The van der Waals surface area contributed by atoms with Crippen LogP contribution in [0.3, 0.4) is 0 Å². The monoisotopic (exact) mass is 301 g/mol. The van der Waals surface area contributed by atoms with Crippen LogP contribution in [0.1, 0.15) is 29.0 Å². The summed E-state index contributed by atoms with van der Waals surface area (Å²) in [5.74, 6) is -0.247. The fourth-order valence-electron chi connectivity index (χ4n) is 2.01. The van der Waals surface area contributed by atoms with Crippen LogP contribution in [0.25, 0.3) is 0 Å². The number of aryl methyl sites for hydroxylation is 1. The molecule has 20 heavy (non-hydrogen) atoms. The standard InChI is InChI=1S/C14H14F3NOS/c1-2-9-7-8-20-13(9)12(18)10-5-3-4-6-11(10)19-14(15,16)17/h3-8,12H,2,18H2,1H3. The van der Waals surface area contributed by atoms with E-state index in [1.807, 2.05) is 18.4 Å². The first-order valence-electron chi connectivity index (χ1n) is 6.09. The summed E-state index contributed by atoms with van der Waals surface area (Å²) in [5, 5.41) is 1.89. The predicted octanol–water partition coefficient (Wildman–Crippen LogP) is 4.26. The van der Waals surface area contributed by atoms with Gasteiger partial charge in [-0.25, -0.2) is 0 Å². The minimum absolute atomic E-state index is 0.247. The van der Waals surface area contributed by atoms with Crippen molar-refractivity contribution in [1.29, 1.82) is 0 Å². The maximum absolute atomic E-state index is 12.4. The summed E-state index contributed by atoms with van der Waals surface area (Å²) in [6, 6.07) is 7.30. The number of para-hydroxylation sites is 1. The van der Waals surface area contributed by atoms with Crippen molar-refractivity contribution >= 4 is 11.3 Å². The predicted molar refractivity (Wildman–Crippen MR) is 72.9 cm³/mol. The van der Waals surface area contributed by atoms with Gasteiger partial charge in [-0.1, -0.05) is 25.1 Å². The first-order chi connectivity index (χ1) is 9.42. The van der Waals surface area contributed by atoms with Crippen molar-refractivity contribution in [2.45, 2.75) is 25.7 Å². The molecule has 0 aliphatic carbocycles. The zero-order chi connectivity index (χ0) is 14.8. The average molecular weight is 301 g/mol. The lowest BCUT2D eigenvalue weighted by atomic mass is 10.0. The highest BCUT2D eigenvalue weighted by atomic mass is 32.1. The van der Waals surface area contributed by atoms with Crippen LogP contribution in [0.15, 0.2) is 35.7 Å². The number of thiophene rings is 1. The van der Waals surface area contributed by atoms with E-state index in [0.29, 0.717) is 5.56 Å². The van der Waals surface area contributed by atoms with E-state index >= 15 is 0 Å². The highest BCUT2D eigenvalue weighted by Gasteiger charge is 2.33. The van der Waals surface area contributed by atoms with Crippen molar-refractivity contribution < 1.29 is 17.9 Å². The Morgan fingerprint density at radius 1 is 1.25 bits per heavy atom. The lowest BCUT2D eigenvalue weighted by molar-refractivity contribution is -0.274. The second-order valence-corrected chi connectivity index (χ2v) is 5.17. The Hall–Kier alpha value is -1.53. The number of benzene rings is 1. The molecule has 0 saturated heterocycles. The Morgan fingerprint density at radius 2 is 1.95 bits per heavy atom. The number of halogens is 3. The zero-order valence-corrected chi connectivity index (χ0v) is 11.6. The van der Waals surface area contributed by atoms with Crippen molar-refractivity contribution in [3.63, 3.8) is 0 Å². The second kappa shape index (κ2) is 5.85. The van der Waals surface area contributed by atoms with E-state index in [0.717, 1.165) is 16.9 Å². The molecule has 2 nitrogen and oxygen atoms in total. The molecule has 1 heterocycles. The molecule has 1 aromatic heterocycles. The largest absolute Gasteiger partial charge is 0.573 e. The summed E-state index contributed by atoms with van der Waals surface area (Å²) in [6.07, 6.45) is -3.94. The first kappa shape index (κ1) is 14.9. The van der Waals surface area contributed by atoms with Crippen LogP contribution >= 0.6 is 11.3 Å². The molecular formula is C14H14F3NOS. The lowest BCUT2D eigenvalue weighted by Gasteiger charge is -2.18. The third-order valence-corrected chi connectivity index (χ3v) is 3.97. The fraction of sp³-hybridized carbons (Fsp3) is 0.286. The molecule has 0 fully saturated rings. The molecule has 0 aliphatic heterocycles. The average Bonchev–Trinajstić information content (AvgIpc) is 2.85. The number of hydrogen-bond acceptors (Lipinski definition) is 3. The minimum Gasteiger partial charge on any atom is -0.405 e. The minimum atomic E-state index is -4.72.